The number of hydrogen-bond donors (Lipinski definition) is 1. The largest absolute Gasteiger partial charge is 0.311 e. The maximum atomic E-state index is 13.6. The molecule has 2 unspecified atom stereocenters. The Morgan fingerprint density at radius 3 is 2.22 bits per heavy atom. The molecule has 0 spiro atoms. The fourth-order valence-electron chi connectivity index (χ4n) is 3.21. The van der Waals surface area contributed by atoms with E-state index in [1.54, 1.807) is 0 Å². The van der Waals surface area contributed by atoms with E-state index in [4.69, 9.17) is 0 Å². The van der Waals surface area contributed by atoms with E-state index in [0.717, 1.165) is 25.0 Å². The summed E-state index contributed by atoms with van der Waals surface area (Å²) in [4.78, 5) is 12.3. The molecule has 2 nitrogen and oxygen atoms in total. The van der Waals surface area contributed by atoms with Crippen molar-refractivity contribution in [3.63, 3.8) is 0 Å². The predicted molar refractivity (Wildman–Crippen MR) is 63.4 cm³/mol. The van der Waals surface area contributed by atoms with E-state index in [0.29, 0.717) is 24.9 Å². The molecular formula is C14H15F2NO. The van der Waals surface area contributed by atoms with Gasteiger partial charge in [0.1, 0.15) is 11.6 Å². The summed E-state index contributed by atoms with van der Waals surface area (Å²) in [6.07, 6.45) is 3.52. The SMILES string of the molecule is O=C(c1c(F)cccc1F)C1CC2CCC(C1)N2. The van der Waals surface area contributed by atoms with Gasteiger partial charge < -0.3 is 5.32 Å². The highest BCUT2D eigenvalue weighted by Gasteiger charge is 2.38. The smallest absolute Gasteiger partial charge is 0.171 e. The van der Waals surface area contributed by atoms with Gasteiger partial charge in [-0.2, -0.15) is 0 Å². The molecule has 96 valence electrons. The van der Waals surface area contributed by atoms with Crippen molar-refractivity contribution in [3.8, 4) is 0 Å². The van der Waals surface area contributed by atoms with Gasteiger partial charge in [-0.05, 0) is 37.8 Å². The molecule has 2 fully saturated rings. The normalized spacial score (nSPS) is 30.4. The highest BCUT2D eigenvalue weighted by atomic mass is 19.1. The van der Waals surface area contributed by atoms with Crippen LogP contribution in [0.3, 0.4) is 0 Å². The molecule has 1 aromatic rings. The zero-order valence-corrected chi connectivity index (χ0v) is 9.96. The molecule has 2 aliphatic rings. The lowest BCUT2D eigenvalue weighted by molar-refractivity contribution is 0.0866. The second kappa shape index (κ2) is 4.43. The lowest BCUT2D eigenvalue weighted by Crippen LogP contribution is -2.40. The standard InChI is InChI=1S/C14H15F2NO/c15-11-2-1-3-12(16)13(11)14(18)8-6-9-4-5-10(7-8)17-9/h1-3,8-10,17H,4-7H2. The number of benzene rings is 1. The minimum absolute atomic E-state index is 0.241. The predicted octanol–water partition coefficient (Wildman–Crippen LogP) is 2.68. The van der Waals surface area contributed by atoms with Gasteiger partial charge in [-0.15, -0.1) is 0 Å². The maximum absolute atomic E-state index is 13.6. The molecule has 0 amide bonds. The van der Waals surface area contributed by atoms with Gasteiger partial charge in [-0.25, -0.2) is 8.78 Å². The number of carbonyl (C=O) groups is 1. The van der Waals surface area contributed by atoms with E-state index in [1.165, 1.54) is 6.07 Å². The van der Waals surface area contributed by atoms with E-state index in [9.17, 15) is 13.6 Å². The summed E-state index contributed by atoms with van der Waals surface area (Å²) in [5.74, 6) is -2.10. The van der Waals surface area contributed by atoms with Gasteiger partial charge >= 0.3 is 0 Å². The van der Waals surface area contributed by atoms with Crippen LogP contribution in [-0.2, 0) is 0 Å². The van der Waals surface area contributed by atoms with Crippen LogP contribution in [0, 0.1) is 17.6 Å². The third-order valence-electron chi connectivity index (χ3n) is 4.05. The van der Waals surface area contributed by atoms with E-state index >= 15 is 0 Å². The van der Waals surface area contributed by atoms with Crippen LogP contribution in [0.25, 0.3) is 0 Å². The molecule has 0 aromatic heterocycles. The molecule has 18 heavy (non-hydrogen) atoms. The van der Waals surface area contributed by atoms with Crippen molar-refractivity contribution >= 4 is 5.78 Å². The van der Waals surface area contributed by atoms with Gasteiger partial charge in [0.05, 0.1) is 5.56 Å². The number of ketones is 1. The first kappa shape index (κ1) is 11.8. The minimum Gasteiger partial charge on any atom is -0.311 e. The first-order valence-corrected chi connectivity index (χ1v) is 6.39. The third-order valence-corrected chi connectivity index (χ3v) is 4.05. The molecule has 2 saturated heterocycles. The van der Waals surface area contributed by atoms with Crippen molar-refractivity contribution in [3.05, 3.63) is 35.4 Å². The summed E-state index contributed by atoms with van der Waals surface area (Å²) in [5, 5.41) is 3.42. The van der Waals surface area contributed by atoms with Gasteiger partial charge in [-0.1, -0.05) is 6.07 Å². The topological polar surface area (TPSA) is 29.1 Å². The van der Waals surface area contributed by atoms with E-state index < -0.39 is 11.6 Å². The quantitative estimate of drug-likeness (QED) is 0.819. The molecule has 1 N–H and O–H groups in total. The number of rotatable bonds is 2. The Kier molecular flexibility index (Phi) is 2.90. The number of piperidine rings is 1. The Labute approximate surface area is 104 Å². The number of hydrogen-bond acceptors (Lipinski definition) is 2. The monoisotopic (exact) mass is 251 g/mol. The second-order valence-electron chi connectivity index (χ2n) is 5.27. The average Bonchev–Trinajstić information content (AvgIpc) is 2.68. The van der Waals surface area contributed by atoms with Crippen LogP contribution >= 0.6 is 0 Å². The van der Waals surface area contributed by atoms with Crippen LogP contribution in [0.15, 0.2) is 18.2 Å². The summed E-state index contributed by atoms with van der Waals surface area (Å²) in [7, 11) is 0. The summed E-state index contributed by atoms with van der Waals surface area (Å²) in [5.41, 5.74) is -0.358. The lowest BCUT2D eigenvalue weighted by Gasteiger charge is -2.28. The molecular weight excluding hydrogens is 236 g/mol. The molecule has 2 heterocycles. The van der Waals surface area contributed by atoms with Crippen LogP contribution in [0.1, 0.15) is 36.0 Å². The Balaban J connectivity index is 1.86. The molecule has 0 saturated carbocycles. The molecule has 1 aromatic carbocycles. The summed E-state index contributed by atoms with van der Waals surface area (Å²) in [6.45, 7) is 0. The van der Waals surface area contributed by atoms with Crippen LogP contribution in [0.2, 0.25) is 0 Å². The number of halogens is 2. The average molecular weight is 251 g/mol. The van der Waals surface area contributed by atoms with Crippen LogP contribution in [0.4, 0.5) is 8.78 Å². The number of carbonyl (C=O) groups excluding carboxylic acids is 1. The van der Waals surface area contributed by atoms with Crippen molar-refractivity contribution in [2.45, 2.75) is 37.8 Å². The fourth-order valence-corrected chi connectivity index (χ4v) is 3.21. The molecule has 3 rings (SSSR count). The van der Waals surface area contributed by atoms with Gasteiger partial charge in [-0.3, -0.25) is 4.79 Å². The number of Topliss-reactive ketones (excluding diaryl/α,β-unsaturated/α-hetero) is 1. The van der Waals surface area contributed by atoms with Crippen molar-refractivity contribution in [1.82, 2.24) is 5.32 Å². The zero-order valence-electron chi connectivity index (χ0n) is 9.96. The summed E-state index contributed by atoms with van der Waals surface area (Å²) in [6, 6.07) is 4.26. The zero-order chi connectivity index (χ0) is 12.7. The highest BCUT2D eigenvalue weighted by Crippen LogP contribution is 2.33. The summed E-state index contributed by atoms with van der Waals surface area (Å²) >= 11 is 0. The molecule has 2 atom stereocenters. The second-order valence-corrected chi connectivity index (χ2v) is 5.27. The molecule has 0 radical (unpaired) electrons. The summed E-state index contributed by atoms with van der Waals surface area (Å²) < 4.78 is 27.2. The molecule has 2 aliphatic heterocycles. The minimum atomic E-state index is -0.745. The third kappa shape index (κ3) is 1.94. The van der Waals surface area contributed by atoms with Crippen LogP contribution in [0.5, 0.6) is 0 Å². The maximum Gasteiger partial charge on any atom is 0.171 e. The van der Waals surface area contributed by atoms with Crippen molar-refractivity contribution in [1.29, 1.82) is 0 Å². The number of nitrogens with one attached hydrogen (secondary N) is 1. The van der Waals surface area contributed by atoms with Gasteiger partial charge in [0.2, 0.25) is 0 Å². The van der Waals surface area contributed by atoms with E-state index in [1.807, 2.05) is 0 Å². The van der Waals surface area contributed by atoms with Gasteiger partial charge in [0, 0.05) is 18.0 Å². The Hall–Kier alpha value is -1.29. The van der Waals surface area contributed by atoms with Crippen molar-refractivity contribution in [2.24, 2.45) is 5.92 Å². The molecule has 0 aliphatic carbocycles. The first-order valence-electron chi connectivity index (χ1n) is 6.39. The lowest BCUT2D eigenvalue weighted by atomic mass is 9.85. The Morgan fingerprint density at radius 1 is 1.11 bits per heavy atom. The van der Waals surface area contributed by atoms with Crippen molar-refractivity contribution in [2.75, 3.05) is 0 Å². The van der Waals surface area contributed by atoms with E-state index in [-0.39, 0.29) is 17.3 Å². The van der Waals surface area contributed by atoms with Gasteiger partial charge in [0.25, 0.3) is 0 Å². The Morgan fingerprint density at radius 2 is 1.67 bits per heavy atom. The highest BCUT2D eigenvalue weighted by molar-refractivity contribution is 5.98. The van der Waals surface area contributed by atoms with Crippen LogP contribution in [-0.4, -0.2) is 17.9 Å². The van der Waals surface area contributed by atoms with Crippen LogP contribution < -0.4 is 5.32 Å². The van der Waals surface area contributed by atoms with Crippen molar-refractivity contribution < 1.29 is 13.6 Å². The number of fused-ring (bicyclic) bond motifs is 2. The van der Waals surface area contributed by atoms with Gasteiger partial charge in [0.15, 0.2) is 5.78 Å². The molecule has 2 bridgehead atoms. The van der Waals surface area contributed by atoms with E-state index in [2.05, 4.69) is 5.32 Å². The fraction of sp³-hybridized carbons (Fsp3) is 0.500. The molecule has 4 heteroatoms. The first-order chi connectivity index (χ1) is 8.65. The Bertz CT molecular complexity index is 456.